The van der Waals surface area contributed by atoms with Crippen LogP contribution < -0.4 is 5.73 Å². The van der Waals surface area contributed by atoms with Crippen molar-refractivity contribution >= 4 is 11.7 Å². The summed E-state index contributed by atoms with van der Waals surface area (Å²) in [6.07, 6.45) is 0.861. The Hall–Kier alpha value is -1.62. The van der Waals surface area contributed by atoms with Crippen molar-refractivity contribution in [2.24, 2.45) is 5.92 Å². The van der Waals surface area contributed by atoms with E-state index in [2.05, 4.69) is 0 Å². The van der Waals surface area contributed by atoms with Gasteiger partial charge >= 0.3 is 5.97 Å². The summed E-state index contributed by atoms with van der Waals surface area (Å²) in [5.41, 5.74) is 5.45. The van der Waals surface area contributed by atoms with Crippen molar-refractivity contribution in [3.8, 4) is 0 Å². The number of hydrogen-bond donors (Lipinski definition) is 1. The number of esters is 1. The summed E-state index contributed by atoms with van der Waals surface area (Å²) in [6, 6.07) is 4.11. The minimum atomic E-state index is -0.715. The van der Waals surface area contributed by atoms with Gasteiger partial charge in [0.1, 0.15) is 11.4 Å². The number of carbonyl (C=O) groups excluding carboxylic acids is 1. The molecule has 1 aromatic carbocycles. The minimum Gasteiger partial charge on any atom is -0.462 e. The van der Waals surface area contributed by atoms with Crippen molar-refractivity contribution in [2.45, 2.75) is 6.42 Å². The number of nitrogens with two attached hydrogens (primary N) is 1. The van der Waals surface area contributed by atoms with Crippen LogP contribution in [0, 0.1) is 11.7 Å². The third-order valence-electron chi connectivity index (χ3n) is 2.72. The summed E-state index contributed by atoms with van der Waals surface area (Å²) >= 11 is 0. The zero-order chi connectivity index (χ0) is 12.3. The summed E-state index contributed by atoms with van der Waals surface area (Å²) < 4.78 is 23.6. The summed E-state index contributed by atoms with van der Waals surface area (Å²) in [5, 5.41) is 0. The van der Waals surface area contributed by atoms with Gasteiger partial charge in [-0.25, -0.2) is 9.18 Å². The molecule has 1 atom stereocenters. The number of carbonyl (C=O) groups is 1. The summed E-state index contributed by atoms with van der Waals surface area (Å²) in [5.74, 6) is -1.17. The summed E-state index contributed by atoms with van der Waals surface area (Å²) in [7, 11) is 0. The van der Waals surface area contributed by atoms with E-state index in [1.807, 2.05) is 0 Å². The quantitative estimate of drug-likeness (QED) is 0.643. The number of halogens is 1. The third kappa shape index (κ3) is 2.74. The SMILES string of the molecule is Nc1cccc(F)c1C(=O)OCC1CCOC1. The van der Waals surface area contributed by atoms with Crippen molar-refractivity contribution < 1.29 is 18.7 Å². The minimum absolute atomic E-state index is 0.0951. The lowest BCUT2D eigenvalue weighted by atomic mass is 10.1. The van der Waals surface area contributed by atoms with E-state index in [-0.39, 0.29) is 23.8 Å². The van der Waals surface area contributed by atoms with Crippen LogP contribution in [-0.2, 0) is 9.47 Å². The second-order valence-electron chi connectivity index (χ2n) is 4.03. The lowest BCUT2D eigenvalue weighted by Crippen LogP contribution is -2.16. The molecular weight excluding hydrogens is 225 g/mol. The van der Waals surface area contributed by atoms with Crippen LogP contribution in [0.25, 0.3) is 0 Å². The number of benzene rings is 1. The summed E-state index contributed by atoms with van der Waals surface area (Å²) in [6.45, 7) is 1.51. The second kappa shape index (κ2) is 5.14. The lowest BCUT2D eigenvalue weighted by Gasteiger charge is -2.10. The molecule has 1 aliphatic heterocycles. The highest BCUT2D eigenvalue weighted by molar-refractivity contribution is 5.95. The predicted octanol–water partition coefficient (Wildman–Crippen LogP) is 1.60. The number of nitrogen functional groups attached to an aromatic ring is 1. The maximum absolute atomic E-state index is 13.4. The number of ether oxygens (including phenoxy) is 2. The molecule has 92 valence electrons. The fourth-order valence-electron chi connectivity index (χ4n) is 1.74. The average Bonchev–Trinajstić information content (AvgIpc) is 2.79. The Morgan fingerprint density at radius 1 is 1.59 bits per heavy atom. The highest BCUT2D eigenvalue weighted by Gasteiger charge is 2.21. The van der Waals surface area contributed by atoms with Gasteiger partial charge in [0.05, 0.1) is 13.2 Å². The molecule has 2 rings (SSSR count). The van der Waals surface area contributed by atoms with E-state index in [0.717, 1.165) is 6.42 Å². The second-order valence-corrected chi connectivity index (χ2v) is 4.03. The van der Waals surface area contributed by atoms with Gasteiger partial charge in [0.2, 0.25) is 0 Å². The molecule has 0 aliphatic carbocycles. The standard InChI is InChI=1S/C12H14FNO3/c13-9-2-1-3-10(14)11(9)12(15)17-7-8-4-5-16-6-8/h1-3,8H,4-7,14H2. The van der Waals surface area contributed by atoms with Crippen LogP contribution >= 0.6 is 0 Å². The maximum atomic E-state index is 13.4. The van der Waals surface area contributed by atoms with Crippen LogP contribution in [0.1, 0.15) is 16.8 Å². The molecule has 0 saturated carbocycles. The maximum Gasteiger partial charge on any atom is 0.343 e. The van der Waals surface area contributed by atoms with Gasteiger partial charge in [-0.1, -0.05) is 6.07 Å². The molecule has 0 spiro atoms. The molecule has 0 bridgehead atoms. The average molecular weight is 239 g/mol. The molecule has 1 unspecified atom stereocenters. The molecule has 1 fully saturated rings. The van der Waals surface area contributed by atoms with Gasteiger partial charge in [-0.15, -0.1) is 0 Å². The van der Waals surface area contributed by atoms with E-state index in [9.17, 15) is 9.18 Å². The van der Waals surface area contributed by atoms with Crippen LogP contribution in [0.5, 0.6) is 0 Å². The molecule has 1 aliphatic rings. The highest BCUT2D eigenvalue weighted by Crippen LogP contribution is 2.18. The fourth-order valence-corrected chi connectivity index (χ4v) is 1.74. The predicted molar refractivity (Wildman–Crippen MR) is 60.0 cm³/mol. The van der Waals surface area contributed by atoms with Gasteiger partial charge in [-0.05, 0) is 18.6 Å². The van der Waals surface area contributed by atoms with Crippen LogP contribution in [0.15, 0.2) is 18.2 Å². The van der Waals surface area contributed by atoms with Crippen molar-refractivity contribution in [1.82, 2.24) is 0 Å². The number of hydrogen-bond acceptors (Lipinski definition) is 4. The van der Waals surface area contributed by atoms with E-state index in [4.69, 9.17) is 15.2 Å². The third-order valence-corrected chi connectivity index (χ3v) is 2.72. The van der Waals surface area contributed by atoms with Gasteiger partial charge in [-0.3, -0.25) is 0 Å². The summed E-state index contributed by atoms with van der Waals surface area (Å²) in [4.78, 5) is 11.7. The Morgan fingerprint density at radius 2 is 2.41 bits per heavy atom. The Morgan fingerprint density at radius 3 is 3.06 bits per heavy atom. The van der Waals surface area contributed by atoms with E-state index >= 15 is 0 Å². The largest absolute Gasteiger partial charge is 0.462 e. The van der Waals surface area contributed by atoms with Crippen LogP contribution in [0.4, 0.5) is 10.1 Å². The Labute approximate surface area is 98.5 Å². The molecule has 1 aromatic rings. The smallest absolute Gasteiger partial charge is 0.343 e. The van der Waals surface area contributed by atoms with Gasteiger partial charge in [0.25, 0.3) is 0 Å². The Kier molecular flexibility index (Phi) is 3.58. The molecule has 5 heteroatoms. The number of rotatable bonds is 3. The molecule has 17 heavy (non-hydrogen) atoms. The van der Waals surface area contributed by atoms with Gasteiger partial charge in [0.15, 0.2) is 0 Å². The fraction of sp³-hybridized carbons (Fsp3) is 0.417. The Bertz CT molecular complexity index is 396. The van der Waals surface area contributed by atoms with E-state index < -0.39 is 11.8 Å². The van der Waals surface area contributed by atoms with Crippen molar-refractivity contribution in [1.29, 1.82) is 0 Å². The van der Waals surface area contributed by atoms with Gasteiger partial charge in [-0.2, -0.15) is 0 Å². The van der Waals surface area contributed by atoms with E-state index in [1.165, 1.54) is 18.2 Å². The first-order valence-corrected chi connectivity index (χ1v) is 5.47. The first-order valence-electron chi connectivity index (χ1n) is 5.47. The molecule has 0 amide bonds. The number of anilines is 1. The van der Waals surface area contributed by atoms with Crippen LogP contribution in [-0.4, -0.2) is 25.8 Å². The highest BCUT2D eigenvalue weighted by atomic mass is 19.1. The normalized spacial score (nSPS) is 19.2. The van der Waals surface area contributed by atoms with E-state index in [1.54, 1.807) is 0 Å². The molecule has 2 N–H and O–H groups in total. The van der Waals surface area contributed by atoms with E-state index in [0.29, 0.717) is 13.2 Å². The van der Waals surface area contributed by atoms with Gasteiger partial charge in [0, 0.05) is 18.2 Å². The van der Waals surface area contributed by atoms with Crippen molar-refractivity contribution in [3.63, 3.8) is 0 Å². The molecule has 0 radical (unpaired) electrons. The van der Waals surface area contributed by atoms with Crippen molar-refractivity contribution in [2.75, 3.05) is 25.6 Å². The first kappa shape index (κ1) is 11.9. The topological polar surface area (TPSA) is 61.6 Å². The first-order chi connectivity index (χ1) is 8.18. The lowest BCUT2D eigenvalue weighted by molar-refractivity contribution is 0.0424. The van der Waals surface area contributed by atoms with Gasteiger partial charge < -0.3 is 15.2 Å². The van der Waals surface area contributed by atoms with Crippen molar-refractivity contribution in [3.05, 3.63) is 29.6 Å². The molecule has 4 nitrogen and oxygen atoms in total. The Balaban J connectivity index is 1.99. The molecular formula is C12H14FNO3. The molecule has 1 heterocycles. The zero-order valence-corrected chi connectivity index (χ0v) is 9.32. The zero-order valence-electron chi connectivity index (χ0n) is 9.32. The molecule has 1 saturated heterocycles. The van der Waals surface area contributed by atoms with Crippen LogP contribution in [0.2, 0.25) is 0 Å². The monoisotopic (exact) mass is 239 g/mol. The molecule has 0 aromatic heterocycles. The van der Waals surface area contributed by atoms with Crippen LogP contribution in [0.3, 0.4) is 0 Å².